The monoisotopic (exact) mass is 397 g/mol. The van der Waals surface area contributed by atoms with E-state index in [-0.39, 0.29) is 20.5 Å². The number of carbonyl (C=O) groups excluding carboxylic acids is 1. The molecule has 0 unspecified atom stereocenters. The highest BCUT2D eigenvalue weighted by Crippen LogP contribution is 2.29. The number of rotatable bonds is 4. The molecule has 0 atom stereocenters. The molecule has 3 N–H and O–H groups in total. The summed E-state index contributed by atoms with van der Waals surface area (Å²) in [4.78, 5) is 12.6. The number of nitrogens with zero attached hydrogens (tertiary/aromatic N) is 1. The average Bonchev–Trinajstić information content (AvgIpc) is 3.09. The van der Waals surface area contributed by atoms with Gasteiger partial charge < -0.3 is 11.1 Å². The van der Waals surface area contributed by atoms with Gasteiger partial charge in [-0.05, 0) is 49.1 Å². The molecule has 1 aromatic heterocycles. The molecule has 1 amide bonds. The molecule has 2 aromatic rings. The summed E-state index contributed by atoms with van der Waals surface area (Å²) in [5.74, 6) is -0.535. The van der Waals surface area contributed by atoms with Crippen molar-refractivity contribution in [3.05, 3.63) is 41.0 Å². The molecule has 3 rings (SSSR count). The highest BCUT2D eigenvalue weighted by Gasteiger charge is 2.29. The van der Waals surface area contributed by atoms with Gasteiger partial charge in [0.15, 0.2) is 0 Å². The number of nitrogen functional groups attached to an aromatic ring is 1. The van der Waals surface area contributed by atoms with Crippen LogP contribution in [0, 0.1) is 11.7 Å². The predicted molar refractivity (Wildman–Crippen MR) is 100 cm³/mol. The zero-order chi connectivity index (χ0) is 18.9. The van der Waals surface area contributed by atoms with Crippen LogP contribution in [0.1, 0.15) is 29.4 Å². The molecular formula is C17H20FN3O3S2. The van der Waals surface area contributed by atoms with Crippen molar-refractivity contribution in [2.24, 2.45) is 5.92 Å². The van der Waals surface area contributed by atoms with Gasteiger partial charge in [-0.1, -0.05) is 6.92 Å². The molecule has 1 aliphatic rings. The van der Waals surface area contributed by atoms with Crippen LogP contribution in [0.3, 0.4) is 0 Å². The molecule has 1 aliphatic heterocycles. The lowest BCUT2D eigenvalue weighted by molar-refractivity contribution is 0.103. The second kappa shape index (κ2) is 7.34. The molecule has 6 nitrogen and oxygen atoms in total. The Morgan fingerprint density at radius 2 is 1.96 bits per heavy atom. The van der Waals surface area contributed by atoms with E-state index in [0.29, 0.717) is 19.0 Å². The van der Waals surface area contributed by atoms with Gasteiger partial charge in [0, 0.05) is 13.1 Å². The SMILES string of the molecule is CC1CCN(S(=O)(=O)c2ccc(C(=O)Nc3cc(F)ccc3N)s2)CC1. The Labute approximate surface area is 155 Å². The lowest BCUT2D eigenvalue weighted by Gasteiger charge is -2.28. The number of hydrogen-bond donors (Lipinski definition) is 2. The summed E-state index contributed by atoms with van der Waals surface area (Å²) in [6.07, 6.45) is 1.66. The number of sulfonamides is 1. The van der Waals surface area contributed by atoms with Crippen LogP contribution in [0.15, 0.2) is 34.5 Å². The van der Waals surface area contributed by atoms with Gasteiger partial charge in [-0.25, -0.2) is 12.8 Å². The van der Waals surface area contributed by atoms with E-state index in [4.69, 9.17) is 5.73 Å². The Balaban J connectivity index is 1.76. The molecule has 1 saturated heterocycles. The van der Waals surface area contributed by atoms with Gasteiger partial charge in [0.1, 0.15) is 10.0 Å². The fourth-order valence-corrected chi connectivity index (χ4v) is 5.58. The number of nitrogens with two attached hydrogens (primary N) is 1. The fourth-order valence-electron chi connectivity index (χ4n) is 2.75. The maximum Gasteiger partial charge on any atom is 0.265 e. The highest BCUT2D eigenvalue weighted by atomic mass is 32.2. The molecular weight excluding hydrogens is 377 g/mol. The minimum absolute atomic E-state index is 0.129. The molecule has 0 saturated carbocycles. The van der Waals surface area contributed by atoms with Crippen LogP contribution in [-0.2, 0) is 10.0 Å². The number of amides is 1. The fraction of sp³-hybridized carbons (Fsp3) is 0.353. The predicted octanol–water partition coefficient (Wildman–Crippen LogP) is 3.14. The lowest BCUT2D eigenvalue weighted by Crippen LogP contribution is -2.37. The molecule has 26 heavy (non-hydrogen) atoms. The Kier molecular flexibility index (Phi) is 5.31. The van der Waals surface area contributed by atoms with Gasteiger partial charge in [-0.15, -0.1) is 11.3 Å². The number of nitrogens with one attached hydrogen (secondary N) is 1. The summed E-state index contributed by atoms with van der Waals surface area (Å²) >= 11 is 0.895. The molecule has 0 spiro atoms. The van der Waals surface area contributed by atoms with E-state index >= 15 is 0 Å². The number of hydrogen-bond acceptors (Lipinski definition) is 5. The Morgan fingerprint density at radius 1 is 1.27 bits per heavy atom. The maximum absolute atomic E-state index is 13.3. The second-order valence-corrected chi connectivity index (χ2v) is 9.64. The van der Waals surface area contributed by atoms with E-state index in [9.17, 15) is 17.6 Å². The van der Waals surface area contributed by atoms with Gasteiger partial charge in [-0.3, -0.25) is 4.79 Å². The molecule has 0 aliphatic carbocycles. The first-order valence-electron chi connectivity index (χ1n) is 8.24. The molecule has 2 heterocycles. The van der Waals surface area contributed by atoms with Crippen LogP contribution in [0.25, 0.3) is 0 Å². The number of halogens is 1. The van der Waals surface area contributed by atoms with E-state index in [1.54, 1.807) is 0 Å². The van der Waals surface area contributed by atoms with Crippen molar-refractivity contribution in [1.29, 1.82) is 0 Å². The largest absolute Gasteiger partial charge is 0.397 e. The summed E-state index contributed by atoms with van der Waals surface area (Å²) in [6, 6.07) is 6.55. The molecule has 140 valence electrons. The normalized spacial score (nSPS) is 16.5. The van der Waals surface area contributed by atoms with Crippen molar-refractivity contribution in [1.82, 2.24) is 4.31 Å². The van der Waals surface area contributed by atoms with Gasteiger partial charge in [-0.2, -0.15) is 4.31 Å². The van der Waals surface area contributed by atoms with Gasteiger partial charge in [0.2, 0.25) is 0 Å². The summed E-state index contributed by atoms with van der Waals surface area (Å²) in [6.45, 7) is 3.08. The topological polar surface area (TPSA) is 92.5 Å². The van der Waals surface area contributed by atoms with Crippen molar-refractivity contribution < 1.29 is 17.6 Å². The first-order chi connectivity index (χ1) is 12.3. The first-order valence-corrected chi connectivity index (χ1v) is 10.5. The number of piperidine rings is 1. The molecule has 1 fully saturated rings. The Bertz CT molecular complexity index is 919. The van der Waals surface area contributed by atoms with Gasteiger partial charge in [0.05, 0.1) is 16.3 Å². The van der Waals surface area contributed by atoms with Gasteiger partial charge in [0.25, 0.3) is 15.9 Å². The van der Waals surface area contributed by atoms with E-state index in [1.807, 2.05) is 0 Å². The third-order valence-electron chi connectivity index (χ3n) is 4.41. The molecule has 0 radical (unpaired) electrons. The van der Waals surface area contributed by atoms with Crippen molar-refractivity contribution in [2.45, 2.75) is 24.0 Å². The van der Waals surface area contributed by atoms with Crippen molar-refractivity contribution >= 4 is 38.6 Å². The smallest absolute Gasteiger partial charge is 0.265 e. The lowest BCUT2D eigenvalue weighted by atomic mass is 10.0. The minimum atomic E-state index is -3.60. The highest BCUT2D eigenvalue weighted by molar-refractivity contribution is 7.91. The van der Waals surface area contributed by atoms with Crippen LogP contribution >= 0.6 is 11.3 Å². The van der Waals surface area contributed by atoms with E-state index in [2.05, 4.69) is 12.2 Å². The molecule has 9 heteroatoms. The van der Waals surface area contributed by atoms with Crippen LogP contribution in [0.5, 0.6) is 0 Å². The number of thiophene rings is 1. The average molecular weight is 397 g/mol. The Morgan fingerprint density at radius 3 is 2.65 bits per heavy atom. The zero-order valence-corrected chi connectivity index (χ0v) is 15.9. The summed E-state index contributed by atoms with van der Waals surface area (Å²) in [5.41, 5.74) is 6.10. The van der Waals surface area contributed by atoms with E-state index < -0.39 is 21.7 Å². The van der Waals surface area contributed by atoms with Crippen LogP contribution in [-0.4, -0.2) is 31.7 Å². The second-order valence-electron chi connectivity index (χ2n) is 6.39. The van der Waals surface area contributed by atoms with E-state index in [0.717, 1.165) is 30.2 Å². The summed E-state index contributed by atoms with van der Waals surface area (Å²) in [7, 11) is -3.60. The van der Waals surface area contributed by atoms with Crippen molar-refractivity contribution in [3.63, 3.8) is 0 Å². The first kappa shape index (κ1) is 18.8. The number of benzene rings is 1. The summed E-state index contributed by atoms with van der Waals surface area (Å²) < 4.78 is 40.3. The van der Waals surface area contributed by atoms with Gasteiger partial charge >= 0.3 is 0 Å². The minimum Gasteiger partial charge on any atom is -0.397 e. The summed E-state index contributed by atoms with van der Waals surface area (Å²) in [5, 5.41) is 2.52. The Hall–Kier alpha value is -1.97. The maximum atomic E-state index is 13.3. The quantitative estimate of drug-likeness (QED) is 0.775. The van der Waals surface area contributed by atoms with Crippen LogP contribution in [0.4, 0.5) is 15.8 Å². The third kappa shape index (κ3) is 3.89. The third-order valence-corrected chi connectivity index (χ3v) is 7.86. The zero-order valence-electron chi connectivity index (χ0n) is 14.2. The van der Waals surface area contributed by atoms with Crippen LogP contribution in [0.2, 0.25) is 0 Å². The van der Waals surface area contributed by atoms with E-state index in [1.165, 1.54) is 28.6 Å². The van der Waals surface area contributed by atoms with Crippen molar-refractivity contribution in [3.8, 4) is 0 Å². The molecule has 1 aromatic carbocycles. The standard InChI is InChI=1S/C17H20FN3O3S2/c1-11-6-8-21(9-7-11)26(23,24)16-5-4-15(25-16)17(22)20-14-10-12(18)2-3-13(14)19/h2-5,10-11H,6-9,19H2,1H3,(H,20,22). The van der Waals surface area contributed by atoms with Crippen LogP contribution < -0.4 is 11.1 Å². The van der Waals surface area contributed by atoms with Crippen molar-refractivity contribution in [2.75, 3.05) is 24.1 Å². The number of anilines is 2. The molecule has 0 bridgehead atoms. The number of carbonyl (C=O) groups is 1.